The lowest BCUT2D eigenvalue weighted by Crippen LogP contribution is -2.44. The third kappa shape index (κ3) is 4.19. The number of hydrogen-bond acceptors (Lipinski definition) is 6. The van der Waals surface area contributed by atoms with Gasteiger partial charge in [0.15, 0.2) is 0 Å². The Balaban J connectivity index is 2.96. The van der Waals surface area contributed by atoms with Crippen molar-refractivity contribution in [1.29, 1.82) is 0 Å². The van der Waals surface area contributed by atoms with Gasteiger partial charge < -0.3 is 20.5 Å². The molecule has 0 bridgehead atoms. The highest BCUT2D eigenvalue weighted by molar-refractivity contribution is 6.41. The number of nitrogens with one attached hydrogen (secondary N) is 1. The first-order chi connectivity index (χ1) is 10.4. The van der Waals surface area contributed by atoms with Crippen molar-refractivity contribution < 1.29 is 23.9 Å². The molecule has 0 aliphatic carbocycles. The third-order valence-corrected chi connectivity index (χ3v) is 2.83. The Hall–Kier alpha value is -2.61. The van der Waals surface area contributed by atoms with Crippen molar-refractivity contribution in [2.24, 2.45) is 5.73 Å². The van der Waals surface area contributed by atoms with Crippen molar-refractivity contribution in [3.63, 3.8) is 0 Å². The Morgan fingerprint density at radius 2 is 1.91 bits per heavy atom. The van der Waals surface area contributed by atoms with E-state index in [4.69, 9.17) is 15.2 Å². The predicted molar refractivity (Wildman–Crippen MR) is 79.6 cm³/mol. The van der Waals surface area contributed by atoms with Crippen LogP contribution in [-0.4, -0.2) is 49.9 Å². The van der Waals surface area contributed by atoms with E-state index >= 15 is 0 Å². The minimum atomic E-state index is -0.983. The molecule has 0 unspecified atom stereocenters. The highest BCUT2D eigenvalue weighted by Crippen LogP contribution is 2.28. The summed E-state index contributed by atoms with van der Waals surface area (Å²) in [6.45, 7) is 1.23. The molecule has 0 atom stereocenters. The molecule has 0 fully saturated rings. The minimum absolute atomic E-state index is 0.0309. The molecular weight excluding hydrogens is 290 g/mol. The number of methoxy groups -OCH3 is 2. The number of nitrogens with zero attached hydrogens (tertiary/aromatic N) is 1. The van der Waals surface area contributed by atoms with Crippen molar-refractivity contribution in [3.05, 3.63) is 18.2 Å². The predicted octanol–water partition coefficient (Wildman–Crippen LogP) is -0.0239. The molecule has 1 aromatic carbocycles. The van der Waals surface area contributed by atoms with E-state index in [9.17, 15) is 14.4 Å². The molecule has 1 rings (SSSR count). The van der Waals surface area contributed by atoms with Gasteiger partial charge in [-0.2, -0.15) is 0 Å². The van der Waals surface area contributed by atoms with Gasteiger partial charge in [0.1, 0.15) is 11.5 Å². The van der Waals surface area contributed by atoms with Crippen LogP contribution in [0.3, 0.4) is 0 Å². The smallest absolute Gasteiger partial charge is 0.318 e. The summed E-state index contributed by atoms with van der Waals surface area (Å²) >= 11 is 0. The largest absolute Gasteiger partial charge is 0.497 e. The fourth-order valence-electron chi connectivity index (χ4n) is 1.74. The zero-order valence-corrected chi connectivity index (χ0v) is 12.7. The second kappa shape index (κ2) is 7.99. The molecule has 0 aromatic heterocycles. The number of rotatable bonds is 5. The normalized spacial score (nSPS) is 9.82. The lowest BCUT2D eigenvalue weighted by Gasteiger charge is -2.18. The van der Waals surface area contributed by atoms with Crippen molar-refractivity contribution in [1.82, 2.24) is 4.90 Å². The summed E-state index contributed by atoms with van der Waals surface area (Å²) in [5, 5.41) is 2.40. The minimum Gasteiger partial charge on any atom is -0.497 e. The number of nitrogens with two attached hydrogens (primary N) is 1. The maximum Gasteiger partial charge on any atom is 0.318 e. The van der Waals surface area contributed by atoms with Gasteiger partial charge in [-0.15, -0.1) is 0 Å². The van der Waals surface area contributed by atoms with Crippen LogP contribution in [0.1, 0.15) is 6.92 Å². The van der Waals surface area contributed by atoms with E-state index in [0.29, 0.717) is 11.5 Å². The van der Waals surface area contributed by atoms with Gasteiger partial charge in [-0.25, -0.2) is 0 Å². The van der Waals surface area contributed by atoms with Crippen LogP contribution in [0.15, 0.2) is 18.2 Å². The topological polar surface area (TPSA) is 111 Å². The van der Waals surface area contributed by atoms with E-state index in [0.717, 1.165) is 4.90 Å². The first-order valence-electron chi connectivity index (χ1n) is 6.50. The fourth-order valence-corrected chi connectivity index (χ4v) is 1.74. The van der Waals surface area contributed by atoms with E-state index in [1.807, 2.05) is 0 Å². The van der Waals surface area contributed by atoms with Crippen LogP contribution < -0.4 is 20.5 Å². The van der Waals surface area contributed by atoms with E-state index < -0.39 is 17.7 Å². The molecule has 0 aliphatic heterocycles. The summed E-state index contributed by atoms with van der Waals surface area (Å²) in [6.07, 6.45) is 0. The number of carbonyl (C=O) groups excluding carboxylic acids is 3. The second-order valence-electron chi connectivity index (χ2n) is 4.28. The van der Waals surface area contributed by atoms with E-state index in [-0.39, 0.29) is 18.8 Å². The van der Waals surface area contributed by atoms with Gasteiger partial charge >= 0.3 is 11.8 Å². The van der Waals surface area contributed by atoms with Crippen LogP contribution in [0.25, 0.3) is 0 Å². The third-order valence-electron chi connectivity index (χ3n) is 2.83. The Morgan fingerprint density at radius 3 is 2.41 bits per heavy atom. The molecule has 120 valence electrons. The van der Waals surface area contributed by atoms with E-state index in [1.165, 1.54) is 27.2 Å². The molecule has 0 saturated carbocycles. The quantitative estimate of drug-likeness (QED) is 0.739. The summed E-state index contributed by atoms with van der Waals surface area (Å²) in [7, 11) is 2.90. The molecule has 3 amide bonds. The Morgan fingerprint density at radius 1 is 1.23 bits per heavy atom. The van der Waals surface area contributed by atoms with Crippen molar-refractivity contribution in [2.45, 2.75) is 6.92 Å². The van der Waals surface area contributed by atoms with Gasteiger partial charge in [-0.1, -0.05) is 0 Å². The SMILES string of the molecule is COc1ccc(OC)c(NC(=O)C(=O)N(CCN)C(C)=O)c1. The van der Waals surface area contributed by atoms with E-state index in [2.05, 4.69) is 5.32 Å². The summed E-state index contributed by atoms with van der Waals surface area (Å²) in [4.78, 5) is 36.2. The Bertz CT molecular complexity index is 574. The summed E-state index contributed by atoms with van der Waals surface area (Å²) in [5.74, 6) is -1.66. The Labute approximate surface area is 128 Å². The molecule has 0 radical (unpaired) electrons. The van der Waals surface area contributed by atoms with Gasteiger partial charge in [0.05, 0.1) is 19.9 Å². The maximum atomic E-state index is 12.0. The van der Waals surface area contributed by atoms with E-state index in [1.54, 1.807) is 12.1 Å². The number of imide groups is 1. The van der Waals surface area contributed by atoms with Crippen molar-refractivity contribution in [2.75, 3.05) is 32.6 Å². The Kier molecular flexibility index (Phi) is 6.33. The molecule has 0 saturated heterocycles. The number of benzene rings is 1. The van der Waals surface area contributed by atoms with Crippen LogP contribution in [0.4, 0.5) is 5.69 Å². The number of anilines is 1. The fraction of sp³-hybridized carbons (Fsp3) is 0.357. The summed E-state index contributed by atoms with van der Waals surface area (Å²) < 4.78 is 10.1. The molecule has 0 heterocycles. The summed E-state index contributed by atoms with van der Waals surface area (Å²) in [6, 6.07) is 4.74. The lowest BCUT2D eigenvalue weighted by atomic mass is 10.2. The first kappa shape index (κ1) is 17.4. The molecule has 3 N–H and O–H groups in total. The second-order valence-corrected chi connectivity index (χ2v) is 4.28. The van der Waals surface area contributed by atoms with Gasteiger partial charge in [0.2, 0.25) is 5.91 Å². The van der Waals surface area contributed by atoms with Crippen LogP contribution in [0, 0.1) is 0 Å². The van der Waals surface area contributed by atoms with Crippen molar-refractivity contribution in [3.8, 4) is 11.5 Å². The van der Waals surface area contributed by atoms with Crippen molar-refractivity contribution >= 4 is 23.4 Å². The average Bonchev–Trinajstić information content (AvgIpc) is 2.51. The number of carbonyl (C=O) groups is 3. The number of amides is 3. The molecule has 8 heteroatoms. The standard InChI is InChI=1S/C14H19N3O5/c1-9(18)17(7-6-15)14(20)13(19)16-11-8-10(21-2)4-5-12(11)22-3/h4-5,8H,6-7,15H2,1-3H3,(H,16,19). The molecule has 8 nitrogen and oxygen atoms in total. The molecule has 0 spiro atoms. The van der Waals surface area contributed by atoms with Gasteiger partial charge in [0.25, 0.3) is 0 Å². The molecule has 22 heavy (non-hydrogen) atoms. The monoisotopic (exact) mass is 309 g/mol. The first-order valence-corrected chi connectivity index (χ1v) is 6.50. The van der Waals surface area contributed by atoms with Gasteiger partial charge in [-0.3, -0.25) is 19.3 Å². The maximum absolute atomic E-state index is 12.0. The lowest BCUT2D eigenvalue weighted by molar-refractivity contribution is -0.149. The number of hydrogen-bond donors (Lipinski definition) is 2. The highest BCUT2D eigenvalue weighted by atomic mass is 16.5. The van der Waals surface area contributed by atoms with Crippen LogP contribution >= 0.6 is 0 Å². The summed E-state index contributed by atoms with van der Waals surface area (Å²) in [5.41, 5.74) is 5.59. The molecular formula is C14H19N3O5. The highest BCUT2D eigenvalue weighted by Gasteiger charge is 2.25. The van der Waals surface area contributed by atoms with Crippen LogP contribution in [-0.2, 0) is 14.4 Å². The zero-order chi connectivity index (χ0) is 16.7. The van der Waals surface area contributed by atoms with Gasteiger partial charge in [-0.05, 0) is 12.1 Å². The zero-order valence-electron chi connectivity index (χ0n) is 12.7. The van der Waals surface area contributed by atoms with Gasteiger partial charge in [0, 0.05) is 26.1 Å². The number of ether oxygens (including phenoxy) is 2. The van der Waals surface area contributed by atoms with Crippen LogP contribution in [0.5, 0.6) is 11.5 Å². The average molecular weight is 309 g/mol. The molecule has 1 aromatic rings. The molecule has 0 aliphatic rings. The van der Waals surface area contributed by atoms with Crippen LogP contribution in [0.2, 0.25) is 0 Å².